The highest BCUT2D eigenvalue weighted by atomic mass is 19.4. The zero-order chi connectivity index (χ0) is 15.3. The van der Waals surface area contributed by atoms with E-state index in [-0.39, 0.29) is 5.96 Å². The van der Waals surface area contributed by atoms with Gasteiger partial charge in [-0.15, -0.1) is 0 Å². The molecule has 0 aliphatic carbocycles. The number of nitrogens with two attached hydrogens (primary N) is 1. The molecule has 0 radical (unpaired) electrons. The fourth-order valence-electron chi connectivity index (χ4n) is 1.69. The molecule has 0 atom stereocenters. The summed E-state index contributed by atoms with van der Waals surface area (Å²) in [6.45, 7) is 0.403. The highest BCUT2D eigenvalue weighted by Crippen LogP contribution is 2.29. The van der Waals surface area contributed by atoms with Crippen LogP contribution in [0.2, 0.25) is 0 Å². The van der Waals surface area contributed by atoms with E-state index in [0.29, 0.717) is 12.2 Å². The Morgan fingerprint density at radius 1 is 1.00 bits per heavy atom. The lowest BCUT2D eigenvalue weighted by atomic mass is 10.2. The largest absolute Gasteiger partial charge is 0.416 e. The minimum Gasteiger partial charge on any atom is -0.370 e. The Labute approximate surface area is 120 Å². The fourth-order valence-corrected chi connectivity index (χ4v) is 1.69. The molecule has 0 bridgehead atoms. The van der Waals surface area contributed by atoms with Crippen molar-refractivity contribution in [3.8, 4) is 0 Å². The third kappa shape index (κ3) is 4.52. The van der Waals surface area contributed by atoms with Crippen LogP contribution in [-0.2, 0) is 12.7 Å². The SMILES string of the molecule is NC(=NCc1ccccc1)Nc1ccc(C(F)(F)F)cc1. The Hall–Kier alpha value is -2.50. The summed E-state index contributed by atoms with van der Waals surface area (Å²) in [5.41, 5.74) is 6.44. The lowest BCUT2D eigenvalue weighted by Gasteiger charge is -2.09. The van der Waals surface area contributed by atoms with Gasteiger partial charge in [0, 0.05) is 5.69 Å². The van der Waals surface area contributed by atoms with Crippen LogP contribution in [0.25, 0.3) is 0 Å². The Kier molecular flexibility index (Phi) is 4.47. The topological polar surface area (TPSA) is 50.4 Å². The van der Waals surface area contributed by atoms with Gasteiger partial charge in [-0.3, -0.25) is 0 Å². The maximum atomic E-state index is 12.4. The summed E-state index contributed by atoms with van der Waals surface area (Å²) in [6, 6.07) is 14.1. The molecule has 2 rings (SSSR count). The number of anilines is 1. The molecule has 0 fully saturated rings. The third-order valence-electron chi connectivity index (χ3n) is 2.76. The van der Waals surface area contributed by atoms with Gasteiger partial charge in [-0.25, -0.2) is 4.99 Å². The van der Waals surface area contributed by atoms with E-state index in [9.17, 15) is 13.2 Å². The number of aliphatic imine (C=N–C) groups is 1. The van der Waals surface area contributed by atoms with Crippen molar-refractivity contribution in [3.63, 3.8) is 0 Å². The Balaban J connectivity index is 1.98. The van der Waals surface area contributed by atoms with Crippen LogP contribution in [0.5, 0.6) is 0 Å². The second-order valence-corrected chi connectivity index (χ2v) is 4.39. The van der Waals surface area contributed by atoms with Crippen LogP contribution in [0, 0.1) is 0 Å². The summed E-state index contributed by atoms with van der Waals surface area (Å²) >= 11 is 0. The lowest BCUT2D eigenvalue weighted by molar-refractivity contribution is -0.137. The molecule has 0 aromatic heterocycles. The molecule has 0 aliphatic heterocycles. The molecule has 6 heteroatoms. The number of hydrogen-bond donors (Lipinski definition) is 2. The van der Waals surface area contributed by atoms with Gasteiger partial charge in [0.1, 0.15) is 0 Å². The van der Waals surface area contributed by atoms with Crippen LogP contribution >= 0.6 is 0 Å². The summed E-state index contributed by atoms with van der Waals surface area (Å²) in [5, 5.41) is 2.75. The number of nitrogens with zero attached hydrogens (tertiary/aromatic N) is 1. The number of halogens is 3. The van der Waals surface area contributed by atoms with Crippen molar-refractivity contribution in [2.45, 2.75) is 12.7 Å². The van der Waals surface area contributed by atoms with Gasteiger partial charge in [0.05, 0.1) is 12.1 Å². The zero-order valence-electron chi connectivity index (χ0n) is 11.1. The number of rotatable bonds is 3. The normalized spacial score (nSPS) is 12.2. The van der Waals surface area contributed by atoms with Gasteiger partial charge in [-0.2, -0.15) is 13.2 Å². The van der Waals surface area contributed by atoms with Crippen LogP contribution in [-0.4, -0.2) is 5.96 Å². The van der Waals surface area contributed by atoms with Crippen LogP contribution in [0.1, 0.15) is 11.1 Å². The van der Waals surface area contributed by atoms with Crippen molar-refractivity contribution in [3.05, 3.63) is 65.7 Å². The predicted octanol–water partition coefficient (Wildman–Crippen LogP) is 3.63. The summed E-state index contributed by atoms with van der Waals surface area (Å²) in [4.78, 5) is 4.12. The lowest BCUT2D eigenvalue weighted by Crippen LogP contribution is -2.22. The van der Waals surface area contributed by atoms with E-state index >= 15 is 0 Å². The zero-order valence-corrected chi connectivity index (χ0v) is 11.1. The molecule has 0 spiro atoms. The molecular formula is C15H14F3N3. The standard InChI is InChI=1S/C15H14F3N3/c16-15(17,18)12-6-8-13(9-7-12)21-14(19)20-10-11-4-2-1-3-5-11/h1-9H,10H2,(H3,19,20,21). The van der Waals surface area contributed by atoms with Crippen molar-refractivity contribution in [2.24, 2.45) is 10.7 Å². The number of benzene rings is 2. The van der Waals surface area contributed by atoms with Crippen molar-refractivity contribution < 1.29 is 13.2 Å². The maximum absolute atomic E-state index is 12.4. The van der Waals surface area contributed by atoms with Gasteiger partial charge < -0.3 is 11.1 Å². The van der Waals surface area contributed by atoms with E-state index in [1.165, 1.54) is 12.1 Å². The van der Waals surface area contributed by atoms with E-state index in [0.717, 1.165) is 17.7 Å². The van der Waals surface area contributed by atoms with Gasteiger partial charge in [-0.1, -0.05) is 30.3 Å². The first-order valence-corrected chi connectivity index (χ1v) is 6.23. The number of nitrogens with one attached hydrogen (secondary N) is 1. The van der Waals surface area contributed by atoms with Gasteiger partial charge in [-0.05, 0) is 29.8 Å². The van der Waals surface area contributed by atoms with Gasteiger partial charge >= 0.3 is 6.18 Å². The average molecular weight is 293 g/mol. The Morgan fingerprint density at radius 2 is 1.62 bits per heavy atom. The van der Waals surface area contributed by atoms with Crippen molar-refractivity contribution in [1.29, 1.82) is 0 Å². The van der Waals surface area contributed by atoms with Crippen LogP contribution in [0.3, 0.4) is 0 Å². The van der Waals surface area contributed by atoms with Crippen molar-refractivity contribution in [1.82, 2.24) is 0 Å². The molecule has 0 unspecified atom stereocenters. The fraction of sp³-hybridized carbons (Fsp3) is 0.133. The smallest absolute Gasteiger partial charge is 0.370 e. The van der Waals surface area contributed by atoms with Crippen LogP contribution in [0.4, 0.5) is 18.9 Å². The van der Waals surface area contributed by atoms with E-state index < -0.39 is 11.7 Å². The van der Waals surface area contributed by atoms with Gasteiger partial charge in [0.2, 0.25) is 0 Å². The van der Waals surface area contributed by atoms with Gasteiger partial charge in [0.25, 0.3) is 0 Å². The molecule has 21 heavy (non-hydrogen) atoms. The molecular weight excluding hydrogens is 279 g/mol. The Bertz CT molecular complexity index is 604. The molecule has 2 aromatic carbocycles. The van der Waals surface area contributed by atoms with E-state index in [4.69, 9.17) is 5.73 Å². The average Bonchev–Trinajstić information content (AvgIpc) is 2.46. The summed E-state index contributed by atoms with van der Waals surface area (Å²) in [6.07, 6.45) is -4.34. The van der Waals surface area contributed by atoms with E-state index in [1.807, 2.05) is 30.3 Å². The first-order valence-electron chi connectivity index (χ1n) is 6.23. The van der Waals surface area contributed by atoms with Crippen LogP contribution in [0.15, 0.2) is 59.6 Å². The molecule has 2 aromatic rings. The molecule has 0 aliphatic rings. The summed E-state index contributed by atoms with van der Waals surface area (Å²) < 4.78 is 37.3. The van der Waals surface area contributed by atoms with Crippen molar-refractivity contribution >= 4 is 11.6 Å². The molecule has 110 valence electrons. The molecule has 3 N–H and O–H groups in total. The number of hydrogen-bond acceptors (Lipinski definition) is 1. The molecule has 0 saturated carbocycles. The second kappa shape index (κ2) is 6.30. The second-order valence-electron chi connectivity index (χ2n) is 4.39. The summed E-state index contributed by atoms with van der Waals surface area (Å²) in [7, 11) is 0. The van der Waals surface area contributed by atoms with E-state index in [2.05, 4.69) is 10.3 Å². The highest BCUT2D eigenvalue weighted by molar-refractivity contribution is 5.92. The molecule has 3 nitrogen and oxygen atoms in total. The minimum atomic E-state index is -4.34. The number of guanidine groups is 1. The maximum Gasteiger partial charge on any atom is 0.416 e. The number of alkyl halides is 3. The van der Waals surface area contributed by atoms with Gasteiger partial charge in [0.15, 0.2) is 5.96 Å². The van der Waals surface area contributed by atoms with E-state index in [1.54, 1.807) is 0 Å². The molecule has 0 heterocycles. The first-order chi connectivity index (χ1) is 9.95. The highest BCUT2D eigenvalue weighted by Gasteiger charge is 2.29. The molecule has 0 amide bonds. The monoisotopic (exact) mass is 293 g/mol. The predicted molar refractivity (Wildman–Crippen MR) is 76.8 cm³/mol. The minimum absolute atomic E-state index is 0.151. The molecule has 0 saturated heterocycles. The quantitative estimate of drug-likeness (QED) is 0.670. The Morgan fingerprint density at radius 3 is 2.19 bits per heavy atom. The first kappa shape index (κ1) is 14.9. The summed E-state index contributed by atoms with van der Waals surface area (Å²) in [5.74, 6) is 0.151. The third-order valence-corrected chi connectivity index (χ3v) is 2.76. The van der Waals surface area contributed by atoms with Crippen molar-refractivity contribution in [2.75, 3.05) is 5.32 Å². The van der Waals surface area contributed by atoms with Crippen LogP contribution < -0.4 is 11.1 Å².